The van der Waals surface area contributed by atoms with E-state index in [1.165, 1.54) is 5.56 Å². The minimum atomic E-state index is 0.582. The van der Waals surface area contributed by atoms with Crippen LogP contribution in [0.1, 0.15) is 22.5 Å². The number of hydrogen-bond donors (Lipinski definition) is 1. The van der Waals surface area contributed by atoms with Crippen molar-refractivity contribution in [2.45, 2.75) is 26.9 Å². The Bertz CT molecular complexity index is 549. The number of anilines is 1. The van der Waals surface area contributed by atoms with Crippen LogP contribution in [0.5, 0.6) is 0 Å². The molecule has 1 heterocycles. The number of hydrogen-bond acceptors (Lipinski definition) is 4. The molecule has 2 rings (SSSR count). The summed E-state index contributed by atoms with van der Waals surface area (Å²) in [5.41, 5.74) is 9.88. The zero-order chi connectivity index (χ0) is 13.8. The summed E-state index contributed by atoms with van der Waals surface area (Å²) >= 11 is 0. The molecule has 0 unspecified atom stereocenters. The van der Waals surface area contributed by atoms with Crippen LogP contribution in [0.2, 0.25) is 0 Å². The van der Waals surface area contributed by atoms with Crippen molar-refractivity contribution in [3.8, 4) is 0 Å². The predicted octanol–water partition coefficient (Wildman–Crippen LogP) is 2.19. The molecule has 100 valence electrons. The van der Waals surface area contributed by atoms with Gasteiger partial charge >= 0.3 is 0 Å². The van der Waals surface area contributed by atoms with Crippen LogP contribution in [-0.4, -0.2) is 17.0 Å². The molecule has 0 saturated carbocycles. The topological polar surface area (TPSA) is 55.0 Å². The van der Waals surface area contributed by atoms with Crippen LogP contribution < -0.4 is 10.6 Å². The lowest BCUT2D eigenvalue weighted by Gasteiger charge is -2.20. The third kappa shape index (κ3) is 3.29. The number of aromatic nitrogens is 2. The van der Waals surface area contributed by atoms with Gasteiger partial charge in [0, 0.05) is 26.3 Å². The highest BCUT2D eigenvalue weighted by Gasteiger charge is 2.08. The van der Waals surface area contributed by atoms with Crippen LogP contribution >= 0.6 is 0 Å². The number of rotatable bonds is 4. The largest absolute Gasteiger partial charge is 0.354 e. The summed E-state index contributed by atoms with van der Waals surface area (Å²) in [6.07, 6.45) is 1.79. The predicted molar refractivity (Wildman–Crippen MR) is 77.9 cm³/mol. The van der Waals surface area contributed by atoms with Crippen LogP contribution in [0.4, 0.5) is 5.82 Å². The highest BCUT2D eigenvalue weighted by atomic mass is 15.2. The minimum Gasteiger partial charge on any atom is -0.354 e. The SMILES string of the molecule is Cc1cnc(C)c(N(C)Cc2ccc(CN)cc2)n1. The fourth-order valence-corrected chi connectivity index (χ4v) is 2.02. The lowest BCUT2D eigenvalue weighted by molar-refractivity contribution is 0.868. The number of nitrogens with two attached hydrogens (primary N) is 1. The lowest BCUT2D eigenvalue weighted by atomic mass is 10.1. The van der Waals surface area contributed by atoms with E-state index in [4.69, 9.17) is 5.73 Å². The monoisotopic (exact) mass is 256 g/mol. The summed E-state index contributed by atoms with van der Waals surface area (Å²) in [4.78, 5) is 11.0. The second kappa shape index (κ2) is 5.80. The molecule has 4 nitrogen and oxygen atoms in total. The molecule has 0 fully saturated rings. The van der Waals surface area contributed by atoms with E-state index in [1.54, 1.807) is 6.20 Å². The van der Waals surface area contributed by atoms with Gasteiger partial charge < -0.3 is 10.6 Å². The van der Waals surface area contributed by atoms with Crippen LogP contribution in [0.15, 0.2) is 30.5 Å². The molecule has 0 amide bonds. The Hall–Kier alpha value is -1.94. The Balaban J connectivity index is 2.15. The first kappa shape index (κ1) is 13.5. The molecule has 2 aromatic rings. The molecule has 0 bridgehead atoms. The van der Waals surface area contributed by atoms with E-state index in [1.807, 2.05) is 20.9 Å². The van der Waals surface area contributed by atoms with Gasteiger partial charge in [-0.05, 0) is 25.0 Å². The zero-order valence-corrected chi connectivity index (χ0v) is 11.7. The molecule has 1 aromatic heterocycles. The normalized spacial score (nSPS) is 10.5. The molecule has 19 heavy (non-hydrogen) atoms. The van der Waals surface area contributed by atoms with Gasteiger partial charge in [0.15, 0.2) is 0 Å². The van der Waals surface area contributed by atoms with Crippen molar-refractivity contribution >= 4 is 5.82 Å². The lowest BCUT2D eigenvalue weighted by Crippen LogP contribution is -2.19. The summed E-state index contributed by atoms with van der Waals surface area (Å²) < 4.78 is 0. The summed E-state index contributed by atoms with van der Waals surface area (Å²) in [7, 11) is 2.04. The van der Waals surface area contributed by atoms with Crippen molar-refractivity contribution in [1.29, 1.82) is 0 Å². The number of benzene rings is 1. The van der Waals surface area contributed by atoms with Gasteiger partial charge in [0.1, 0.15) is 5.82 Å². The van der Waals surface area contributed by atoms with Crippen LogP contribution in [0.25, 0.3) is 0 Å². The first-order valence-electron chi connectivity index (χ1n) is 6.39. The van der Waals surface area contributed by atoms with Gasteiger partial charge in [-0.25, -0.2) is 4.98 Å². The first-order chi connectivity index (χ1) is 9.10. The average Bonchev–Trinajstić information content (AvgIpc) is 2.42. The summed E-state index contributed by atoms with van der Waals surface area (Å²) in [6.45, 7) is 5.33. The van der Waals surface area contributed by atoms with Gasteiger partial charge in [0.05, 0.1) is 11.4 Å². The van der Waals surface area contributed by atoms with Gasteiger partial charge in [-0.3, -0.25) is 4.98 Å². The molecule has 0 aliphatic carbocycles. The third-order valence-corrected chi connectivity index (χ3v) is 3.09. The van der Waals surface area contributed by atoms with E-state index < -0.39 is 0 Å². The van der Waals surface area contributed by atoms with Gasteiger partial charge in [0.2, 0.25) is 0 Å². The Morgan fingerprint density at radius 2 is 1.74 bits per heavy atom. The summed E-state index contributed by atoms with van der Waals surface area (Å²) in [5.74, 6) is 0.933. The van der Waals surface area contributed by atoms with Crippen molar-refractivity contribution in [3.05, 3.63) is 53.0 Å². The summed E-state index contributed by atoms with van der Waals surface area (Å²) in [5, 5.41) is 0. The second-order valence-electron chi connectivity index (χ2n) is 4.80. The van der Waals surface area contributed by atoms with Crippen molar-refractivity contribution in [2.75, 3.05) is 11.9 Å². The van der Waals surface area contributed by atoms with E-state index in [2.05, 4.69) is 39.1 Å². The minimum absolute atomic E-state index is 0.582. The van der Waals surface area contributed by atoms with Crippen molar-refractivity contribution in [3.63, 3.8) is 0 Å². The molecule has 0 saturated heterocycles. The highest BCUT2D eigenvalue weighted by Crippen LogP contribution is 2.16. The van der Waals surface area contributed by atoms with Gasteiger partial charge in [-0.15, -0.1) is 0 Å². The van der Waals surface area contributed by atoms with Gasteiger partial charge in [-0.2, -0.15) is 0 Å². The molecule has 0 spiro atoms. The maximum Gasteiger partial charge on any atom is 0.150 e. The standard InChI is InChI=1S/C15H20N4/c1-11-9-17-12(2)15(18-11)19(3)10-14-6-4-13(8-16)5-7-14/h4-7,9H,8,10,16H2,1-3H3. The van der Waals surface area contributed by atoms with E-state index in [0.29, 0.717) is 6.54 Å². The Morgan fingerprint density at radius 3 is 2.37 bits per heavy atom. The van der Waals surface area contributed by atoms with Gasteiger partial charge in [-0.1, -0.05) is 24.3 Å². The fourth-order valence-electron chi connectivity index (χ4n) is 2.02. The van der Waals surface area contributed by atoms with E-state index in [9.17, 15) is 0 Å². The zero-order valence-electron chi connectivity index (χ0n) is 11.7. The molecule has 4 heteroatoms. The number of aryl methyl sites for hydroxylation is 2. The Labute approximate surface area is 114 Å². The Kier molecular flexibility index (Phi) is 4.12. The van der Waals surface area contributed by atoms with E-state index in [-0.39, 0.29) is 0 Å². The van der Waals surface area contributed by atoms with E-state index >= 15 is 0 Å². The van der Waals surface area contributed by atoms with Crippen LogP contribution in [-0.2, 0) is 13.1 Å². The second-order valence-corrected chi connectivity index (χ2v) is 4.80. The molecular formula is C15H20N4. The van der Waals surface area contributed by atoms with Crippen LogP contribution in [0.3, 0.4) is 0 Å². The molecule has 0 radical (unpaired) electrons. The van der Waals surface area contributed by atoms with E-state index in [0.717, 1.165) is 29.3 Å². The quantitative estimate of drug-likeness (QED) is 0.911. The molecule has 2 N–H and O–H groups in total. The first-order valence-corrected chi connectivity index (χ1v) is 6.39. The average molecular weight is 256 g/mol. The fraction of sp³-hybridized carbons (Fsp3) is 0.333. The van der Waals surface area contributed by atoms with Crippen LogP contribution in [0, 0.1) is 13.8 Å². The molecular weight excluding hydrogens is 236 g/mol. The molecule has 1 aromatic carbocycles. The third-order valence-electron chi connectivity index (χ3n) is 3.09. The smallest absolute Gasteiger partial charge is 0.150 e. The maximum absolute atomic E-state index is 5.60. The highest BCUT2D eigenvalue weighted by molar-refractivity contribution is 5.43. The van der Waals surface area contributed by atoms with Crippen molar-refractivity contribution < 1.29 is 0 Å². The maximum atomic E-state index is 5.60. The number of nitrogens with zero attached hydrogens (tertiary/aromatic N) is 3. The van der Waals surface area contributed by atoms with Crippen molar-refractivity contribution in [1.82, 2.24) is 9.97 Å². The summed E-state index contributed by atoms with van der Waals surface area (Å²) in [6, 6.07) is 8.35. The molecule has 0 aliphatic rings. The molecule has 0 atom stereocenters. The van der Waals surface area contributed by atoms with Crippen molar-refractivity contribution in [2.24, 2.45) is 5.73 Å². The molecule has 0 aliphatic heterocycles. The Morgan fingerprint density at radius 1 is 1.11 bits per heavy atom. The van der Waals surface area contributed by atoms with Gasteiger partial charge in [0.25, 0.3) is 0 Å².